The molecule has 0 atom stereocenters. The minimum atomic E-state index is -0.0476. The highest BCUT2D eigenvalue weighted by Crippen LogP contribution is 2.32. The van der Waals surface area contributed by atoms with Gasteiger partial charge in [0, 0.05) is 31.0 Å². The summed E-state index contributed by atoms with van der Waals surface area (Å²) in [7, 11) is 0. The van der Waals surface area contributed by atoms with Gasteiger partial charge in [-0.1, -0.05) is 30.3 Å². The molecular weight excluding hydrogens is 340 g/mol. The Morgan fingerprint density at radius 3 is 2.44 bits per heavy atom. The van der Waals surface area contributed by atoms with Crippen molar-refractivity contribution in [3.05, 3.63) is 47.7 Å². The molecule has 0 spiro atoms. The number of nitrogens with one attached hydrogen (secondary N) is 1. The number of piperidine rings is 1. The quantitative estimate of drug-likeness (QED) is 0.885. The standard InChI is InChI=1S/C21H26N4O2/c1-15-13-19(25(23-15)14-16-5-3-2-4-6-16)22-20(26)17-9-11-24(12-10-17)21(27)18-7-8-18/h2-6,13,17-18H,7-12,14H2,1H3,(H,22,26). The molecule has 2 amide bonds. The molecule has 0 unspecified atom stereocenters. The van der Waals surface area contributed by atoms with E-state index in [4.69, 9.17) is 0 Å². The third kappa shape index (κ3) is 4.21. The van der Waals surface area contributed by atoms with E-state index < -0.39 is 0 Å². The molecule has 1 N–H and O–H groups in total. The normalized spacial score (nSPS) is 17.7. The predicted octanol–water partition coefficient (Wildman–Crippen LogP) is 2.83. The van der Waals surface area contributed by atoms with Crippen molar-refractivity contribution in [3.8, 4) is 0 Å². The van der Waals surface area contributed by atoms with Gasteiger partial charge in [-0.3, -0.25) is 9.59 Å². The number of carbonyl (C=O) groups is 2. The molecule has 1 saturated carbocycles. The van der Waals surface area contributed by atoms with Gasteiger partial charge in [0.15, 0.2) is 0 Å². The van der Waals surface area contributed by atoms with Gasteiger partial charge in [-0.2, -0.15) is 5.10 Å². The van der Waals surface area contributed by atoms with E-state index in [1.165, 1.54) is 0 Å². The van der Waals surface area contributed by atoms with Gasteiger partial charge in [0.2, 0.25) is 11.8 Å². The van der Waals surface area contributed by atoms with Gasteiger partial charge in [0.1, 0.15) is 5.82 Å². The third-order valence-corrected chi connectivity index (χ3v) is 5.43. The van der Waals surface area contributed by atoms with Crippen LogP contribution in [0.25, 0.3) is 0 Å². The van der Waals surface area contributed by atoms with Crippen molar-refractivity contribution in [2.75, 3.05) is 18.4 Å². The summed E-state index contributed by atoms with van der Waals surface area (Å²) in [5.41, 5.74) is 2.02. The van der Waals surface area contributed by atoms with Gasteiger partial charge in [-0.15, -0.1) is 0 Å². The summed E-state index contributed by atoms with van der Waals surface area (Å²) in [6.45, 7) is 3.93. The second kappa shape index (κ2) is 7.55. The zero-order chi connectivity index (χ0) is 18.8. The fourth-order valence-electron chi connectivity index (χ4n) is 3.70. The first-order chi connectivity index (χ1) is 13.1. The van der Waals surface area contributed by atoms with Gasteiger partial charge in [-0.25, -0.2) is 4.68 Å². The van der Waals surface area contributed by atoms with Gasteiger partial charge < -0.3 is 10.2 Å². The molecule has 1 saturated heterocycles. The number of aromatic nitrogens is 2. The Bertz CT molecular complexity index is 818. The first-order valence-electron chi connectivity index (χ1n) is 9.78. The molecule has 2 fully saturated rings. The van der Waals surface area contributed by atoms with E-state index in [2.05, 4.69) is 22.5 Å². The summed E-state index contributed by atoms with van der Waals surface area (Å²) in [5.74, 6) is 1.25. The summed E-state index contributed by atoms with van der Waals surface area (Å²) < 4.78 is 1.84. The second-order valence-corrected chi connectivity index (χ2v) is 7.68. The summed E-state index contributed by atoms with van der Waals surface area (Å²) in [6, 6.07) is 12.0. The third-order valence-electron chi connectivity index (χ3n) is 5.43. The molecule has 1 aliphatic heterocycles. The van der Waals surface area contributed by atoms with E-state index in [0.29, 0.717) is 19.6 Å². The van der Waals surface area contributed by atoms with Crippen LogP contribution in [0.15, 0.2) is 36.4 Å². The highest BCUT2D eigenvalue weighted by Gasteiger charge is 2.36. The molecule has 1 aromatic heterocycles. The lowest BCUT2D eigenvalue weighted by atomic mass is 9.95. The van der Waals surface area contributed by atoms with E-state index >= 15 is 0 Å². The van der Waals surface area contributed by atoms with Crippen molar-refractivity contribution in [2.45, 2.75) is 39.2 Å². The molecule has 6 nitrogen and oxygen atoms in total. The Hall–Kier alpha value is -2.63. The first-order valence-corrected chi connectivity index (χ1v) is 9.78. The summed E-state index contributed by atoms with van der Waals surface area (Å²) in [4.78, 5) is 26.8. The predicted molar refractivity (Wildman–Crippen MR) is 103 cm³/mol. The fraction of sp³-hybridized carbons (Fsp3) is 0.476. The van der Waals surface area contributed by atoms with Crippen LogP contribution in [0, 0.1) is 18.8 Å². The fourth-order valence-corrected chi connectivity index (χ4v) is 3.70. The maximum absolute atomic E-state index is 12.7. The van der Waals surface area contributed by atoms with E-state index in [1.54, 1.807) is 0 Å². The van der Waals surface area contributed by atoms with Crippen LogP contribution >= 0.6 is 0 Å². The van der Waals surface area contributed by atoms with Crippen LogP contribution in [-0.2, 0) is 16.1 Å². The number of amides is 2. The van der Waals surface area contributed by atoms with Crippen molar-refractivity contribution in [1.29, 1.82) is 0 Å². The maximum atomic E-state index is 12.7. The molecule has 27 heavy (non-hydrogen) atoms. The van der Waals surface area contributed by atoms with Crippen LogP contribution in [0.2, 0.25) is 0 Å². The van der Waals surface area contributed by atoms with Crippen LogP contribution < -0.4 is 5.32 Å². The summed E-state index contributed by atoms with van der Waals surface area (Å²) >= 11 is 0. The Labute approximate surface area is 159 Å². The van der Waals surface area contributed by atoms with E-state index in [0.717, 1.165) is 42.8 Å². The van der Waals surface area contributed by atoms with E-state index in [1.807, 2.05) is 40.8 Å². The van der Waals surface area contributed by atoms with Crippen LogP contribution in [0.3, 0.4) is 0 Å². The van der Waals surface area contributed by atoms with E-state index in [-0.39, 0.29) is 23.7 Å². The highest BCUT2D eigenvalue weighted by atomic mass is 16.2. The Kier molecular flexibility index (Phi) is 4.97. The number of rotatable bonds is 5. The molecule has 1 aromatic carbocycles. The molecule has 6 heteroatoms. The molecule has 2 aliphatic rings. The SMILES string of the molecule is Cc1cc(NC(=O)C2CCN(C(=O)C3CC3)CC2)n(Cc2ccccc2)n1. The number of hydrogen-bond donors (Lipinski definition) is 1. The zero-order valence-corrected chi connectivity index (χ0v) is 15.7. The number of benzene rings is 1. The Morgan fingerprint density at radius 2 is 1.78 bits per heavy atom. The molecule has 0 radical (unpaired) electrons. The highest BCUT2D eigenvalue weighted by molar-refractivity contribution is 5.92. The molecule has 0 bridgehead atoms. The lowest BCUT2D eigenvalue weighted by molar-refractivity contribution is -0.135. The molecule has 1 aliphatic carbocycles. The van der Waals surface area contributed by atoms with Crippen molar-refractivity contribution in [2.24, 2.45) is 11.8 Å². The number of nitrogens with zero attached hydrogens (tertiary/aromatic N) is 3. The molecular formula is C21H26N4O2. The lowest BCUT2D eigenvalue weighted by Gasteiger charge is -2.31. The van der Waals surface area contributed by atoms with Crippen molar-refractivity contribution in [1.82, 2.24) is 14.7 Å². The van der Waals surface area contributed by atoms with Gasteiger partial charge in [0.25, 0.3) is 0 Å². The monoisotopic (exact) mass is 366 g/mol. The number of carbonyl (C=O) groups excluding carboxylic acids is 2. The Morgan fingerprint density at radius 1 is 1.07 bits per heavy atom. The van der Waals surface area contributed by atoms with Gasteiger partial charge in [0.05, 0.1) is 12.2 Å². The average Bonchev–Trinajstić information content (AvgIpc) is 3.47. The maximum Gasteiger partial charge on any atom is 0.228 e. The second-order valence-electron chi connectivity index (χ2n) is 7.68. The average molecular weight is 366 g/mol. The van der Waals surface area contributed by atoms with Crippen LogP contribution in [0.5, 0.6) is 0 Å². The molecule has 142 valence electrons. The topological polar surface area (TPSA) is 67.2 Å². The lowest BCUT2D eigenvalue weighted by Crippen LogP contribution is -2.42. The van der Waals surface area contributed by atoms with Crippen molar-refractivity contribution in [3.63, 3.8) is 0 Å². The smallest absolute Gasteiger partial charge is 0.228 e. The molecule has 2 heterocycles. The van der Waals surface area contributed by atoms with Crippen molar-refractivity contribution >= 4 is 17.6 Å². The zero-order valence-electron chi connectivity index (χ0n) is 15.7. The van der Waals surface area contributed by atoms with Gasteiger partial charge >= 0.3 is 0 Å². The molecule has 4 rings (SSSR count). The number of likely N-dealkylation sites (tertiary alicyclic amines) is 1. The summed E-state index contributed by atoms with van der Waals surface area (Å²) in [6.07, 6.45) is 3.53. The Balaban J connectivity index is 1.36. The van der Waals surface area contributed by atoms with Crippen molar-refractivity contribution < 1.29 is 9.59 Å². The molecule has 2 aromatic rings. The minimum Gasteiger partial charge on any atom is -0.342 e. The van der Waals surface area contributed by atoms with Crippen LogP contribution in [0.1, 0.15) is 36.9 Å². The largest absolute Gasteiger partial charge is 0.342 e. The number of aryl methyl sites for hydroxylation is 1. The minimum absolute atomic E-state index is 0.0303. The number of anilines is 1. The van der Waals surface area contributed by atoms with Crippen LogP contribution in [0.4, 0.5) is 5.82 Å². The van der Waals surface area contributed by atoms with Gasteiger partial charge in [-0.05, 0) is 38.2 Å². The first kappa shape index (κ1) is 17.8. The number of hydrogen-bond acceptors (Lipinski definition) is 3. The van der Waals surface area contributed by atoms with E-state index in [9.17, 15) is 9.59 Å². The summed E-state index contributed by atoms with van der Waals surface area (Å²) in [5, 5.41) is 7.57. The van der Waals surface area contributed by atoms with Crippen LogP contribution in [-0.4, -0.2) is 39.6 Å².